The lowest BCUT2D eigenvalue weighted by Crippen LogP contribution is -2.33. The highest BCUT2D eigenvalue weighted by Crippen LogP contribution is 2.25. The van der Waals surface area contributed by atoms with Crippen molar-refractivity contribution >= 4 is 15.9 Å². The summed E-state index contributed by atoms with van der Waals surface area (Å²) in [6.07, 6.45) is 1.98. The molecule has 1 amide bonds. The van der Waals surface area contributed by atoms with E-state index in [1.807, 2.05) is 49.4 Å². The third-order valence-corrected chi connectivity index (χ3v) is 6.78. The first-order valence-electron chi connectivity index (χ1n) is 9.41. The number of carbonyl (C=O) groups is 1. The number of amides is 1. The average molecular weight is 404 g/mol. The molecule has 0 aromatic heterocycles. The monoisotopic (exact) mass is 403 g/mol. The quantitative estimate of drug-likeness (QED) is 0.636. The highest BCUT2D eigenvalue weighted by Gasteiger charge is 2.33. The van der Waals surface area contributed by atoms with Crippen molar-refractivity contribution in [1.29, 1.82) is 0 Å². The lowest BCUT2D eigenvalue weighted by atomic mass is 10.0. The third-order valence-electron chi connectivity index (χ3n) is 5.02. The molecule has 29 heavy (non-hydrogen) atoms. The highest BCUT2D eigenvalue weighted by molar-refractivity contribution is 7.89. The zero-order chi connectivity index (χ0) is 20.4. The molecule has 0 fully saturated rings. The van der Waals surface area contributed by atoms with E-state index in [1.165, 1.54) is 18.2 Å². The molecule has 1 heterocycles. The second-order valence-corrected chi connectivity index (χ2v) is 9.07. The van der Waals surface area contributed by atoms with Gasteiger partial charge in [0.05, 0.1) is 11.4 Å². The van der Waals surface area contributed by atoms with Gasteiger partial charge >= 0.3 is 0 Å². The number of nitrogens with zero attached hydrogens (tertiary/aromatic N) is 1. The van der Waals surface area contributed by atoms with Gasteiger partial charge in [-0.2, -0.15) is 0 Å². The Labute approximate surface area is 171 Å². The van der Waals surface area contributed by atoms with Crippen molar-refractivity contribution in [1.82, 2.24) is 4.31 Å². The van der Waals surface area contributed by atoms with Crippen LogP contribution in [0.3, 0.4) is 0 Å². The zero-order valence-electron chi connectivity index (χ0n) is 16.1. The fourth-order valence-electron chi connectivity index (χ4n) is 3.41. The van der Waals surface area contributed by atoms with Gasteiger partial charge in [-0.15, -0.1) is 0 Å². The van der Waals surface area contributed by atoms with Gasteiger partial charge in [-0.3, -0.25) is 4.79 Å². The summed E-state index contributed by atoms with van der Waals surface area (Å²) in [6, 6.07) is 24.8. The Morgan fingerprint density at radius 3 is 2.10 bits per heavy atom. The zero-order valence-corrected chi connectivity index (χ0v) is 16.9. The summed E-state index contributed by atoms with van der Waals surface area (Å²) < 4.78 is 26.6. The lowest BCUT2D eigenvalue weighted by Gasteiger charge is -2.17. The number of benzene rings is 3. The molecule has 0 bridgehead atoms. The maximum atomic E-state index is 12.8. The van der Waals surface area contributed by atoms with Gasteiger partial charge in [0.2, 0.25) is 0 Å². The van der Waals surface area contributed by atoms with Crippen molar-refractivity contribution in [3.8, 4) is 11.1 Å². The maximum Gasteiger partial charge on any atom is 0.267 e. The van der Waals surface area contributed by atoms with Gasteiger partial charge in [0, 0.05) is 6.08 Å². The van der Waals surface area contributed by atoms with Crippen LogP contribution in [0.5, 0.6) is 0 Å². The van der Waals surface area contributed by atoms with Crippen LogP contribution in [0.15, 0.2) is 95.4 Å². The summed E-state index contributed by atoms with van der Waals surface area (Å²) in [5.74, 6) is -0.485. The van der Waals surface area contributed by atoms with E-state index in [0.29, 0.717) is 6.42 Å². The molecule has 0 unspecified atom stereocenters. The standard InChI is InChI=1S/C24H21NO3S/c1-18-7-13-23(14-8-18)29(27,28)25-17-20(16-24(25)26)15-19-9-11-22(12-10-19)21-5-3-2-4-6-21/h2-14,16H,15,17H2,1H3. The molecule has 0 N–H and O–H groups in total. The second kappa shape index (κ2) is 7.68. The van der Waals surface area contributed by atoms with Crippen LogP contribution in [0.2, 0.25) is 0 Å². The Bertz CT molecular complexity index is 1160. The number of sulfonamides is 1. The summed E-state index contributed by atoms with van der Waals surface area (Å²) in [4.78, 5) is 12.5. The van der Waals surface area contributed by atoms with Gasteiger partial charge in [-0.1, -0.05) is 72.3 Å². The van der Waals surface area contributed by atoms with Crippen LogP contribution in [0.4, 0.5) is 0 Å². The summed E-state index contributed by atoms with van der Waals surface area (Å²) in [6.45, 7) is 1.98. The molecule has 4 rings (SSSR count). The van der Waals surface area contributed by atoms with Crippen molar-refractivity contribution < 1.29 is 13.2 Å². The van der Waals surface area contributed by atoms with E-state index in [2.05, 4.69) is 12.1 Å². The van der Waals surface area contributed by atoms with Gasteiger partial charge in [0.15, 0.2) is 0 Å². The van der Waals surface area contributed by atoms with Gasteiger partial charge in [-0.05, 0) is 47.7 Å². The predicted molar refractivity (Wildman–Crippen MR) is 114 cm³/mol. The molecule has 0 atom stereocenters. The number of hydrogen-bond donors (Lipinski definition) is 0. The van der Waals surface area contributed by atoms with Gasteiger partial charge in [0.25, 0.3) is 15.9 Å². The molecule has 0 radical (unpaired) electrons. The Balaban J connectivity index is 1.48. The fraction of sp³-hybridized carbons (Fsp3) is 0.125. The minimum absolute atomic E-state index is 0.0927. The topological polar surface area (TPSA) is 54.5 Å². The summed E-state index contributed by atoms with van der Waals surface area (Å²) in [5, 5.41) is 0. The van der Waals surface area contributed by atoms with Crippen LogP contribution >= 0.6 is 0 Å². The van der Waals surface area contributed by atoms with Crippen LogP contribution in [0.25, 0.3) is 11.1 Å². The van der Waals surface area contributed by atoms with E-state index in [4.69, 9.17) is 0 Å². The van der Waals surface area contributed by atoms with Gasteiger partial charge in [-0.25, -0.2) is 12.7 Å². The predicted octanol–water partition coefficient (Wildman–Crippen LogP) is 4.36. The normalized spacial score (nSPS) is 14.2. The molecule has 3 aromatic carbocycles. The van der Waals surface area contributed by atoms with Crippen molar-refractivity contribution in [2.24, 2.45) is 0 Å². The minimum atomic E-state index is -3.84. The van der Waals surface area contributed by atoms with E-state index in [1.54, 1.807) is 12.1 Å². The third kappa shape index (κ3) is 4.00. The molecule has 4 nitrogen and oxygen atoms in total. The molecule has 5 heteroatoms. The largest absolute Gasteiger partial charge is 0.269 e. The van der Waals surface area contributed by atoms with Gasteiger partial charge < -0.3 is 0 Å². The molecule has 0 saturated carbocycles. The first-order valence-corrected chi connectivity index (χ1v) is 10.8. The van der Waals surface area contributed by atoms with Crippen LogP contribution < -0.4 is 0 Å². The number of hydrogen-bond acceptors (Lipinski definition) is 3. The Morgan fingerprint density at radius 2 is 1.45 bits per heavy atom. The summed E-state index contributed by atoms with van der Waals surface area (Å²) >= 11 is 0. The minimum Gasteiger partial charge on any atom is -0.269 e. The van der Waals surface area contributed by atoms with Gasteiger partial charge in [0.1, 0.15) is 0 Å². The molecule has 0 saturated heterocycles. The molecule has 0 aliphatic carbocycles. The Hall–Kier alpha value is -3.18. The van der Waals surface area contributed by atoms with E-state index in [0.717, 1.165) is 32.1 Å². The van der Waals surface area contributed by atoms with Crippen molar-refractivity contribution in [2.45, 2.75) is 18.2 Å². The van der Waals surface area contributed by atoms with Crippen LogP contribution in [0, 0.1) is 6.92 Å². The maximum absolute atomic E-state index is 12.8. The number of aryl methyl sites for hydroxylation is 1. The van der Waals surface area contributed by atoms with Crippen LogP contribution in [-0.4, -0.2) is 25.2 Å². The first kappa shape index (κ1) is 19.2. The molecular weight excluding hydrogens is 382 g/mol. The second-order valence-electron chi connectivity index (χ2n) is 7.21. The number of carbonyl (C=O) groups excluding carboxylic acids is 1. The van der Waals surface area contributed by atoms with Crippen molar-refractivity contribution in [3.63, 3.8) is 0 Å². The molecule has 146 valence electrons. The SMILES string of the molecule is Cc1ccc(S(=O)(=O)N2CC(Cc3ccc(-c4ccccc4)cc3)=CC2=O)cc1. The lowest BCUT2D eigenvalue weighted by molar-refractivity contribution is -0.120. The molecule has 1 aliphatic rings. The molecule has 0 spiro atoms. The summed E-state index contributed by atoms with van der Waals surface area (Å²) in [7, 11) is -3.84. The Kier molecular flexibility index (Phi) is 5.07. The molecule has 3 aromatic rings. The van der Waals surface area contributed by atoms with Crippen LogP contribution in [-0.2, 0) is 21.2 Å². The van der Waals surface area contributed by atoms with Crippen molar-refractivity contribution in [3.05, 3.63) is 102 Å². The van der Waals surface area contributed by atoms with E-state index >= 15 is 0 Å². The van der Waals surface area contributed by atoms with Crippen molar-refractivity contribution in [2.75, 3.05) is 6.54 Å². The first-order chi connectivity index (χ1) is 13.9. The smallest absolute Gasteiger partial charge is 0.267 e. The van der Waals surface area contributed by atoms with E-state index in [-0.39, 0.29) is 11.4 Å². The summed E-state index contributed by atoms with van der Waals surface area (Å²) in [5.41, 5.74) is 5.06. The Morgan fingerprint density at radius 1 is 0.828 bits per heavy atom. The number of rotatable bonds is 5. The van der Waals surface area contributed by atoms with E-state index in [9.17, 15) is 13.2 Å². The van der Waals surface area contributed by atoms with Crippen LogP contribution in [0.1, 0.15) is 11.1 Å². The molecule has 1 aliphatic heterocycles. The van der Waals surface area contributed by atoms with E-state index < -0.39 is 15.9 Å². The fourth-order valence-corrected chi connectivity index (χ4v) is 4.77. The molecular formula is C24H21NO3S. The highest BCUT2D eigenvalue weighted by atomic mass is 32.2. The average Bonchev–Trinajstić information content (AvgIpc) is 3.10.